The van der Waals surface area contributed by atoms with Crippen LogP contribution in [0.25, 0.3) is 5.69 Å². The number of nitrogens with one attached hydrogen (secondary N) is 2. The van der Waals surface area contributed by atoms with Gasteiger partial charge in [-0.3, -0.25) is 14.2 Å². The fourth-order valence-electron chi connectivity index (χ4n) is 3.76. The van der Waals surface area contributed by atoms with E-state index in [4.69, 9.17) is 0 Å². The third-order valence-corrected chi connectivity index (χ3v) is 9.21. The number of hydrogen-bond acceptors (Lipinski definition) is 7. The minimum atomic E-state index is -4.63. The van der Waals surface area contributed by atoms with E-state index in [2.05, 4.69) is 36.8 Å². The van der Waals surface area contributed by atoms with Gasteiger partial charge in [-0.2, -0.15) is 13.2 Å². The van der Waals surface area contributed by atoms with Gasteiger partial charge in [0.05, 0.1) is 28.4 Å². The summed E-state index contributed by atoms with van der Waals surface area (Å²) in [6.07, 6.45) is -4.63. The monoisotopic (exact) mass is 696 g/mol. The number of sulfonamides is 1. The number of para-hydroxylation sites is 1. The normalized spacial score (nSPS) is 11.9. The van der Waals surface area contributed by atoms with Gasteiger partial charge in [0, 0.05) is 29.8 Å². The van der Waals surface area contributed by atoms with Crippen molar-refractivity contribution in [1.82, 2.24) is 24.4 Å². The minimum absolute atomic E-state index is 0.0385. The van der Waals surface area contributed by atoms with Gasteiger partial charge < -0.3 is 10.6 Å². The van der Waals surface area contributed by atoms with Gasteiger partial charge >= 0.3 is 6.18 Å². The first-order valence-electron chi connectivity index (χ1n) is 12.4. The molecule has 4 rings (SSSR count). The number of rotatable bonds is 10. The largest absolute Gasteiger partial charge is 0.418 e. The summed E-state index contributed by atoms with van der Waals surface area (Å²) in [5, 5.41) is 13.6. The van der Waals surface area contributed by atoms with Gasteiger partial charge in [-0.25, -0.2) is 12.7 Å². The summed E-state index contributed by atoms with van der Waals surface area (Å²) >= 11 is 4.33. The van der Waals surface area contributed by atoms with Crippen molar-refractivity contribution in [3.05, 3.63) is 94.2 Å². The topological polar surface area (TPSA) is 126 Å². The molecule has 2 N–H and O–H groups in total. The van der Waals surface area contributed by atoms with E-state index in [0.29, 0.717) is 11.5 Å². The summed E-state index contributed by atoms with van der Waals surface area (Å²) in [5.41, 5.74) is -0.483. The van der Waals surface area contributed by atoms with Gasteiger partial charge in [0.15, 0.2) is 11.0 Å². The van der Waals surface area contributed by atoms with Gasteiger partial charge in [0.2, 0.25) is 15.9 Å². The average molecular weight is 698 g/mol. The smallest absolute Gasteiger partial charge is 0.345 e. The van der Waals surface area contributed by atoms with E-state index < -0.39 is 33.6 Å². The van der Waals surface area contributed by atoms with Crippen LogP contribution in [0.5, 0.6) is 0 Å². The van der Waals surface area contributed by atoms with Crippen molar-refractivity contribution in [2.45, 2.75) is 22.8 Å². The lowest BCUT2D eigenvalue weighted by Crippen LogP contribution is -2.25. The number of carbonyl (C=O) groups excluding carboxylic acids is 2. The lowest BCUT2D eigenvalue weighted by atomic mass is 10.1. The quantitative estimate of drug-likeness (QED) is 0.225. The maximum atomic E-state index is 13.3. The van der Waals surface area contributed by atoms with Crippen LogP contribution in [-0.4, -0.2) is 59.2 Å². The van der Waals surface area contributed by atoms with Crippen molar-refractivity contribution in [3.63, 3.8) is 0 Å². The fraction of sp³-hybridized carbons (Fsp3) is 0.185. The molecule has 0 saturated carbocycles. The lowest BCUT2D eigenvalue weighted by Gasteiger charge is -2.14. The number of anilines is 1. The van der Waals surface area contributed by atoms with Crippen molar-refractivity contribution in [2.75, 3.05) is 25.2 Å². The zero-order chi connectivity index (χ0) is 31.4. The molecule has 0 bridgehead atoms. The van der Waals surface area contributed by atoms with Crippen molar-refractivity contribution in [2.24, 2.45) is 0 Å². The van der Waals surface area contributed by atoms with Crippen molar-refractivity contribution < 1.29 is 31.2 Å². The molecule has 10 nitrogen and oxygen atoms in total. The summed E-state index contributed by atoms with van der Waals surface area (Å²) in [5.74, 6) is -1.12. The fourth-order valence-corrected chi connectivity index (χ4v) is 5.70. The molecule has 0 saturated heterocycles. The molecule has 1 heterocycles. The third kappa shape index (κ3) is 7.81. The summed E-state index contributed by atoms with van der Waals surface area (Å²) in [7, 11) is -0.841. The Labute approximate surface area is 257 Å². The van der Waals surface area contributed by atoms with Crippen LogP contribution in [0.4, 0.5) is 18.9 Å². The van der Waals surface area contributed by atoms with Crippen LogP contribution in [0.3, 0.4) is 0 Å². The molecule has 1 aromatic heterocycles. The highest BCUT2D eigenvalue weighted by Crippen LogP contribution is 2.34. The number of carbonyl (C=O) groups is 2. The third-order valence-electron chi connectivity index (χ3n) is 5.93. The van der Waals surface area contributed by atoms with Gasteiger partial charge in [-0.05, 0) is 60.7 Å². The van der Waals surface area contributed by atoms with Crippen LogP contribution in [-0.2, 0) is 27.5 Å². The van der Waals surface area contributed by atoms with Gasteiger partial charge in [-0.15, -0.1) is 10.2 Å². The Morgan fingerprint density at radius 1 is 0.977 bits per heavy atom. The van der Waals surface area contributed by atoms with E-state index in [9.17, 15) is 31.2 Å². The molecule has 0 aliphatic rings. The number of amides is 2. The number of thioether (sulfide) groups is 1. The maximum Gasteiger partial charge on any atom is 0.418 e. The zero-order valence-corrected chi connectivity index (χ0v) is 25.8. The summed E-state index contributed by atoms with van der Waals surface area (Å²) in [4.78, 5) is 25.5. The number of alkyl halides is 3. The van der Waals surface area contributed by atoms with E-state index in [-0.39, 0.29) is 33.6 Å². The van der Waals surface area contributed by atoms with Crippen molar-refractivity contribution in [3.8, 4) is 5.69 Å². The molecule has 0 spiro atoms. The van der Waals surface area contributed by atoms with E-state index in [1.54, 1.807) is 28.8 Å². The minimum Gasteiger partial charge on any atom is -0.345 e. The summed E-state index contributed by atoms with van der Waals surface area (Å²) < 4.78 is 68.0. The van der Waals surface area contributed by atoms with Gasteiger partial charge in [-0.1, -0.05) is 39.8 Å². The molecule has 0 unspecified atom stereocenters. The Kier molecular flexibility index (Phi) is 9.94. The van der Waals surface area contributed by atoms with E-state index >= 15 is 0 Å². The SMILES string of the molecule is CN(C)S(=O)(=O)c1ccc(C(=O)NCc2nnc(SCC(=O)Nc3ccccc3C(F)(F)F)n2-c2ccc(Br)cc2)cc1. The number of halogens is 4. The maximum absolute atomic E-state index is 13.3. The highest BCUT2D eigenvalue weighted by atomic mass is 79.9. The Bertz CT molecular complexity index is 1730. The number of hydrogen-bond donors (Lipinski definition) is 2. The summed E-state index contributed by atoms with van der Waals surface area (Å²) in [6.45, 7) is -0.0780. The van der Waals surface area contributed by atoms with Crippen LogP contribution >= 0.6 is 27.7 Å². The van der Waals surface area contributed by atoms with Crippen LogP contribution in [0.1, 0.15) is 21.7 Å². The predicted octanol–water partition coefficient (Wildman–Crippen LogP) is 4.96. The number of nitrogens with zero attached hydrogens (tertiary/aromatic N) is 4. The second-order valence-electron chi connectivity index (χ2n) is 9.09. The molecule has 4 aromatic rings. The first-order valence-corrected chi connectivity index (χ1v) is 15.6. The van der Waals surface area contributed by atoms with Crippen LogP contribution in [0.2, 0.25) is 0 Å². The Balaban J connectivity index is 1.50. The van der Waals surface area contributed by atoms with Crippen molar-refractivity contribution >= 4 is 55.2 Å². The van der Waals surface area contributed by atoms with E-state index in [1.807, 2.05) is 0 Å². The molecule has 0 aliphatic heterocycles. The zero-order valence-electron chi connectivity index (χ0n) is 22.6. The standard InChI is InChI=1S/C27H24BrF3N6O4S2/c1-36(2)43(40,41)20-13-7-17(8-14-20)25(39)32-15-23-34-35-26(37(23)19-11-9-18(28)10-12-19)42-16-24(38)33-22-6-4-3-5-21(22)27(29,30)31/h3-14H,15-16H2,1-2H3,(H,32,39)(H,33,38). The van der Waals surface area contributed by atoms with Crippen LogP contribution < -0.4 is 10.6 Å². The second kappa shape index (κ2) is 13.3. The molecule has 16 heteroatoms. The molecular formula is C27H24BrF3N6O4S2. The predicted molar refractivity (Wildman–Crippen MR) is 158 cm³/mol. The molecule has 0 radical (unpaired) electrons. The average Bonchev–Trinajstić information content (AvgIpc) is 3.37. The Morgan fingerprint density at radius 3 is 2.26 bits per heavy atom. The number of aromatic nitrogens is 3. The molecular weight excluding hydrogens is 673 g/mol. The van der Waals surface area contributed by atoms with Gasteiger partial charge in [0.1, 0.15) is 0 Å². The first kappa shape index (κ1) is 32.2. The molecule has 0 atom stereocenters. The summed E-state index contributed by atoms with van der Waals surface area (Å²) in [6, 6.07) is 17.2. The lowest BCUT2D eigenvalue weighted by molar-refractivity contribution is -0.137. The highest BCUT2D eigenvalue weighted by Gasteiger charge is 2.33. The van der Waals surface area contributed by atoms with Crippen LogP contribution in [0, 0.1) is 0 Å². The Morgan fingerprint density at radius 2 is 1.63 bits per heavy atom. The highest BCUT2D eigenvalue weighted by molar-refractivity contribution is 9.10. The number of benzene rings is 3. The van der Waals surface area contributed by atoms with Crippen LogP contribution in [0.15, 0.2) is 87.3 Å². The molecule has 0 aliphatic carbocycles. The second-order valence-corrected chi connectivity index (χ2v) is 13.1. The van der Waals surface area contributed by atoms with E-state index in [0.717, 1.165) is 26.6 Å². The molecule has 43 heavy (non-hydrogen) atoms. The molecule has 2 amide bonds. The van der Waals surface area contributed by atoms with E-state index in [1.165, 1.54) is 56.6 Å². The molecule has 3 aromatic carbocycles. The molecule has 0 fully saturated rings. The Hall–Kier alpha value is -3.73. The van der Waals surface area contributed by atoms with Crippen molar-refractivity contribution in [1.29, 1.82) is 0 Å². The van der Waals surface area contributed by atoms with Gasteiger partial charge in [0.25, 0.3) is 5.91 Å². The molecule has 226 valence electrons. The first-order chi connectivity index (χ1) is 20.3.